The van der Waals surface area contributed by atoms with Crippen LogP contribution >= 0.6 is 0 Å². The van der Waals surface area contributed by atoms with Crippen LogP contribution in [0.2, 0.25) is 0 Å². The van der Waals surface area contributed by atoms with Crippen LogP contribution in [0.3, 0.4) is 0 Å². The lowest BCUT2D eigenvalue weighted by Gasteiger charge is -2.21. The van der Waals surface area contributed by atoms with Crippen molar-refractivity contribution in [3.63, 3.8) is 0 Å². The van der Waals surface area contributed by atoms with E-state index in [1.165, 1.54) is 5.56 Å². The highest BCUT2D eigenvalue weighted by Crippen LogP contribution is 2.32. The van der Waals surface area contributed by atoms with E-state index in [1.807, 2.05) is 12.3 Å². The molecule has 4 aromatic rings. The minimum absolute atomic E-state index is 0.114. The monoisotopic (exact) mass is 444 g/mol. The molecule has 8 nitrogen and oxygen atoms in total. The number of likely N-dealkylation sites (tertiary alicyclic amines) is 1. The molecule has 0 bridgehead atoms. The van der Waals surface area contributed by atoms with Gasteiger partial charge < -0.3 is 9.72 Å². The van der Waals surface area contributed by atoms with Crippen molar-refractivity contribution in [1.82, 2.24) is 29.5 Å². The zero-order valence-corrected chi connectivity index (χ0v) is 18.8. The molecular weight excluding hydrogens is 416 g/mol. The van der Waals surface area contributed by atoms with Gasteiger partial charge in [0.25, 0.3) is 5.56 Å². The van der Waals surface area contributed by atoms with Crippen LogP contribution in [0.25, 0.3) is 16.4 Å². The predicted octanol–water partition coefficient (Wildman–Crippen LogP) is 3.10. The Labute approximate surface area is 191 Å². The van der Waals surface area contributed by atoms with Gasteiger partial charge in [-0.3, -0.25) is 14.7 Å². The van der Waals surface area contributed by atoms with E-state index in [4.69, 9.17) is 9.84 Å². The van der Waals surface area contributed by atoms with E-state index in [0.29, 0.717) is 11.4 Å². The number of hydrogen-bond acceptors (Lipinski definition) is 6. The van der Waals surface area contributed by atoms with Crippen LogP contribution in [0.4, 0.5) is 0 Å². The van der Waals surface area contributed by atoms with E-state index in [-0.39, 0.29) is 17.4 Å². The van der Waals surface area contributed by atoms with Crippen molar-refractivity contribution in [3.8, 4) is 0 Å². The second kappa shape index (κ2) is 8.35. The van der Waals surface area contributed by atoms with E-state index in [0.717, 1.165) is 68.2 Å². The predicted molar refractivity (Wildman–Crippen MR) is 125 cm³/mol. The van der Waals surface area contributed by atoms with Crippen LogP contribution in [0.5, 0.6) is 0 Å². The minimum atomic E-state index is -0.114. The molecule has 0 aliphatic carbocycles. The van der Waals surface area contributed by atoms with Crippen LogP contribution in [0.1, 0.15) is 48.8 Å². The van der Waals surface area contributed by atoms with Crippen molar-refractivity contribution in [2.45, 2.75) is 38.1 Å². The number of rotatable bonds is 4. The number of aromatic nitrogens is 5. The smallest absolute Gasteiger partial charge is 0.276 e. The Balaban J connectivity index is 1.26. The van der Waals surface area contributed by atoms with Crippen LogP contribution in [-0.2, 0) is 11.3 Å². The fraction of sp³-hybridized carbons (Fsp3) is 0.440. The highest BCUT2D eigenvalue weighted by atomic mass is 16.5. The molecule has 2 aliphatic heterocycles. The zero-order valence-electron chi connectivity index (χ0n) is 18.8. The molecule has 0 radical (unpaired) electrons. The van der Waals surface area contributed by atoms with Gasteiger partial charge in [-0.25, -0.2) is 9.50 Å². The molecule has 5 heterocycles. The molecule has 0 amide bonds. The summed E-state index contributed by atoms with van der Waals surface area (Å²) < 4.78 is 7.29. The van der Waals surface area contributed by atoms with E-state index in [1.54, 1.807) is 10.7 Å². The average Bonchev–Trinajstić information content (AvgIpc) is 3.43. The number of hydrogen-bond donors (Lipinski definition) is 1. The molecule has 2 atom stereocenters. The number of pyridine rings is 1. The van der Waals surface area contributed by atoms with Gasteiger partial charge in [0, 0.05) is 56.3 Å². The molecule has 3 aromatic heterocycles. The molecular formula is C25H28N6O2. The Hall–Kier alpha value is -3.10. The lowest BCUT2D eigenvalue weighted by molar-refractivity contribution is 0.0832. The van der Waals surface area contributed by atoms with Crippen molar-refractivity contribution in [2.75, 3.05) is 26.3 Å². The first-order valence-electron chi connectivity index (χ1n) is 11.8. The largest absolute Gasteiger partial charge is 0.381 e. The third-order valence-electron chi connectivity index (χ3n) is 7.15. The lowest BCUT2D eigenvalue weighted by atomic mass is 9.97. The van der Waals surface area contributed by atoms with Gasteiger partial charge in [-0.15, -0.1) is 0 Å². The number of H-pyrrole nitrogens is 1. The highest BCUT2D eigenvalue weighted by Gasteiger charge is 2.33. The molecule has 6 rings (SSSR count). The van der Waals surface area contributed by atoms with E-state index in [9.17, 15) is 4.79 Å². The van der Waals surface area contributed by atoms with E-state index in [2.05, 4.69) is 51.0 Å². The summed E-state index contributed by atoms with van der Waals surface area (Å²) in [5.74, 6) is 2.48. The van der Waals surface area contributed by atoms with Gasteiger partial charge in [-0.1, -0.05) is 25.1 Å². The second-order valence-corrected chi connectivity index (χ2v) is 9.45. The number of aromatic amines is 1. The summed E-state index contributed by atoms with van der Waals surface area (Å²) in [6, 6.07) is 10.5. The van der Waals surface area contributed by atoms with Crippen molar-refractivity contribution < 1.29 is 4.74 Å². The molecule has 170 valence electrons. The average molecular weight is 445 g/mol. The maximum Gasteiger partial charge on any atom is 0.276 e. The van der Waals surface area contributed by atoms with Crippen LogP contribution in [0.15, 0.2) is 47.5 Å². The summed E-state index contributed by atoms with van der Waals surface area (Å²) in [6.07, 6.45) is 5.32. The maximum atomic E-state index is 12.9. The summed E-state index contributed by atoms with van der Waals surface area (Å²) in [6.45, 7) is 6.38. The maximum absolute atomic E-state index is 12.9. The SMILES string of the molecule is CC1CN(Cc2ccc3cccnc3c2)CC1c1nn2c(C3CCOCC3)ncc2c(=O)[nH]1. The first kappa shape index (κ1) is 20.5. The molecule has 2 saturated heterocycles. The van der Waals surface area contributed by atoms with Gasteiger partial charge in [0.05, 0.1) is 11.7 Å². The Morgan fingerprint density at radius 1 is 1.15 bits per heavy atom. The zero-order chi connectivity index (χ0) is 22.4. The molecule has 1 aromatic carbocycles. The summed E-state index contributed by atoms with van der Waals surface area (Å²) >= 11 is 0. The number of nitrogens with zero attached hydrogens (tertiary/aromatic N) is 5. The van der Waals surface area contributed by atoms with Crippen LogP contribution in [-0.4, -0.2) is 55.8 Å². The van der Waals surface area contributed by atoms with Gasteiger partial charge >= 0.3 is 0 Å². The fourth-order valence-electron chi connectivity index (χ4n) is 5.35. The molecule has 0 spiro atoms. The molecule has 8 heteroatoms. The third-order valence-corrected chi connectivity index (χ3v) is 7.15. The highest BCUT2D eigenvalue weighted by molar-refractivity contribution is 5.78. The van der Waals surface area contributed by atoms with Crippen LogP contribution in [0, 0.1) is 5.92 Å². The number of imidazole rings is 1. The normalized spacial score (nSPS) is 22.5. The van der Waals surface area contributed by atoms with Gasteiger partial charge in [0.2, 0.25) is 0 Å². The van der Waals surface area contributed by atoms with Crippen molar-refractivity contribution in [1.29, 1.82) is 0 Å². The van der Waals surface area contributed by atoms with Crippen molar-refractivity contribution in [3.05, 3.63) is 70.3 Å². The fourth-order valence-corrected chi connectivity index (χ4v) is 5.35. The first-order chi connectivity index (χ1) is 16.2. The molecule has 2 unspecified atom stereocenters. The number of fused-ring (bicyclic) bond motifs is 2. The van der Waals surface area contributed by atoms with Gasteiger partial charge in [-0.05, 0) is 36.5 Å². The topological polar surface area (TPSA) is 88.4 Å². The first-order valence-corrected chi connectivity index (χ1v) is 11.8. The van der Waals surface area contributed by atoms with Crippen molar-refractivity contribution in [2.24, 2.45) is 5.92 Å². The quantitative estimate of drug-likeness (QED) is 0.520. The molecule has 2 aliphatic rings. The Morgan fingerprint density at radius 3 is 2.91 bits per heavy atom. The Kier molecular flexibility index (Phi) is 5.19. The Morgan fingerprint density at radius 2 is 2.03 bits per heavy atom. The van der Waals surface area contributed by atoms with Gasteiger partial charge in [-0.2, -0.15) is 5.10 Å². The third kappa shape index (κ3) is 3.83. The van der Waals surface area contributed by atoms with Crippen molar-refractivity contribution >= 4 is 16.4 Å². The summed E-state index contributed by atoms with van der Waals surface area (Å²) in [4.78, 5) is 27.4. The Bertz CT molecular complexity index is 1360. The lowest BCUT2D eigenvalue weighted by Crippen LogP contribution is -2.24. The molecule has 1 N–H and O–H groups in total. The number of ether oxygens (including phenoxy) is 1. The summed E-state index contributed by atoms with van der Waals surface area (Å²) in [5.41, 5.74) is 2.68. The minimum Gasteiger partial charge on any atom is -0.381 e. The molecule has 33 heavy (non-hydrogen) atoms. The van der Waals surface area contributed by atoms with Crippen LogP contribution < -0.4 is 5.56 Å². The summed E-state index contributed by atoms with van der Waals surface area (Å²) in [5, 5.41) is 6.06. The van der Waals surface area contributed by atoms with E-state index < -0.39 is 0 Å². The second-order valence-electron chi connectivity index (χ2n) is 9.45. The van der Waals surface area contributed by atoms with Gasteiger partial charge in [0.1, 0.15) is 11.6 Å². The van der Waals surface area contributed by atoms with E-state index >= 15 is 0 Å². The molecule has 2 fully saturated rings. The van der Waals surface area contributed by atoms with Gasteiger partial charge in [0.15, 0.2) is 5.52 Å². The number of nitrogens with one attached hydrogen (secondary N) is 1. The summed E-state index contributed by atoms with van der Waals surface area (Å²) in [7, 11) is 0. The molecule has 0 saturated carbocycles. The number of benzene rings is 1. The standard InChI is InChI=1S/C25H28N6O2/c1-16-13-30(14-17-4-5-18-3-2-8-26-21(18)11-17)15-20(16)23-28-25(32)22-12-27-24(31(22)29-23)19-6-9-33-10-7-19/h2-5,8,11-12,16,19-20H,6-7,9-10,13-15H2,1H3,(H,28,29,32).